The Morgan fingerprint density at radius 1 is 1.35 bits per heavy atom. The first kappa shape index (κ1) is 13.6. The third-order valence-electron chi connectivity index (χ3n) is 2.86. The largest absolute Gasteiger partial charge is 0.424 e. The zero-order valence-electron chi connectivity index (χ0n) is 10.6. The van der Waals surface area contributed by atoms with E-state index in [9.17, 15) is 4.79 Å². The molecule has 3 heteroatoms. The smallest absolute Gasteiger partial charge is 0.314 e. The van der Waals surface area contributed by atoms with Crippen molar-refractivity contribution in [3.8, 4) is 5.75 Å². The van der Waals surface area contributed by atoms with Gasteiger partial charge in [0.1, 0.15) is 0 Å². The van der Waals surface area contributed by atoms with E-state index in [0.717, 1.165) is 25.7 Å². The molecule has 1 aromatic carbocycles. The molecule has 0 aromatic heterocycles. The maximum absolute atomic E-state index is 11.9. The Morgan fingerprint density at radius 2 is 2.06 bits per heavy atom. The highest BCUT2D eigenvalue weighted by molar-refractivity contribution is 5.76. The molecule has 1 atom stereocenters. The number of carbonyl (C=O) groups excluding carboxylic acids is 1. The number of hydrogen-bond acceptors (Lipinski definition) is 3. The van der Waals surface area contributed by atoms with Gasteiger partial charge in [-0.15, -0.1) is 0 Å². The lowest BCUT2D eigenvalue weighted by molar-refractivity contribution is -0.139. The highest BCUT2D eigenvalue weighted by Crippen LogP contribution is 2.23. The van der Waals surface area contributed by atoms with Crippen LogP contribution in [0, 0.1) is 5.92 Å². The molecule has 0 saturated carbocycles. The zero-order chi connectivity index (χ0) is 12.7. The van der Waals surface area contributed by atoms with E-state index in [2.05, 4.69) is 6.92 Å². The molecule has 1 rings (SSSR count). The Hall–Kier alpha value is -1.51. The number of hydrogen-bond donors (Lipinski definition) is 1. The van der Waals surface area contributed by atoms with Gasteiger partial charge in [0, 0.05) is 0 Å². The van der Waals surface area contributed by atoms with Crippen molar-refractivity contribution in [2.45, 2.75) is 39.5 Å². The predicted octanol–water partition coefficient (Wildman–Crippen LogP) is 3.39. The second-order valence-electron chi connectivity index (χ2n) is 4.21. The van der Waals surface area contributed by atoms with Crippen molar-refractivity contribution >= 4 is 11.7 Å². The van der Waals surface area contributed by atoms with Gasteiger partial charge in [-0.25, -0.2) is 0 Å². The summed E-state index contributed by atoms with van der Waals surface area (Å²) in [4.78, 5) is 11.9. The predicted molar refractivity (Wildman–Crippen MR) is 69.8 cm³/mol. The Morgan fingerprint density at radius 3 is 2.65 bits per heavy atom. The molecular weight excluding hydrogens is 214 g/mol. The fourth-order valence-corrected chi connectivity index (χ4v) is 1.70. The molecule has 0 heterocycles. The van der Waals surface area contributed by atoms with Crippen LogP contribution >= 0.6 is 0 Å². The Kier molecular flexibility index (Phi) is 5.53. The van der Waals surface area contributed by atoms with E-state index in [-0.39, 0.29) is 11.9 Å². The molecule has 3 nitrogen and oxygen atoms in total. The van der Waals surface area contributed by atoms with Gasteiger partial charge in [0.15, 0.2) is 5.75 Å². The number of unbranched alkanes of at least 4 members (excludes halogenated alkanes) is 1. The highest BCUT2D eigenvalue weighted by atomic mass is 16.5. The third-order valence-corrected chi connectivity index (χ3v) is 2.86. The summed E-state index contributed by atoms with van der Waals surface area (Å²) >= 11 is 0. The second kappa shape index (κ2) is 6.94. The minimum absolute atomic E-state index is 0.0189. The molecule has 0 radical (unpaired) electrons. The van der Waals surface area contributed by atoms with Gasteiger partial charge in [-0.1, -0.05) is 38.8 Å². The van der Waals surface area contributed by atoms with Crippen molar-refractivity contribution in [2.24, 2.45) is 5.92 Å². The van der Waals surface area contributed by atoms with Crippen LogP contribution in [0.1, 0.15) is 39.5 Å². The van der Waals surface area contributed by atoms with Crippen molar-refractivity contribution in [3.63, 3.8) is 0 Å². The quantitative estimate of drug-likeness (QED) is 0.467. The monoisotopic (exact) mass is 235 g/mol. The fraction of sp³-hybridized carbons (Fsp3) is 0.500. The normalized spacial score (nSPS) is 12.1. The zero-order valence-corrected chi connectivity index (χ0v) is 10.6. The van der Waals surface area contributed by atoms with Crippen molar-refractivity contribution in [2.75, 3.05) is 5.73 Å². The van der Waals surface area contributed by atoms with Gasteiger partial charge in [0.05, 0.1) is 11.6 Å². The van der Waals surface area contributed by atoms with Gasteiger partial charge in [-0.05, 0) is 25.0 Å². The molecule has 0 saturated heterocycles. The second-order valence-corrected chi connectivity index (χ2v) is 4.21. The van der Waals surface area contributed by atoms with Crippen LogP contribution in [0.15, 0.2) is 24.3 Å². The summed E-state index contributed by atoms with van der Waals surface area (Å²) in [6, 6.07) is 7.09. The summed E-state index contributed by atoms with van der Waals surface area (Å²) in [6.07, 6.45) is 3.85. The number of nitrogens with two attached hydrogens (primary N) is 1. The number of anilines is 1. The van der Waals surface area contributed by atoms with E-state index < -0.39 is 0 Å². The van der Waals surface area contributed by atoms with Crippen LogP contribution in [0.2, 0.25) is 0 Å². The Bertz CT molecular complexity index is 363. The lowest BCUT2D eigenvalue weighted by atomic mass is 10.00. The van der Waals surface area contributed by atoms with Crippen molar-refractivity contribution in [3.05, 3.63) is 24.3 Å². The molecule has 0 amide bonds. The van der Waals surface area contributed by atoms with Gasteiger partial charge >= 0.3 is 5.97 Å². The van der Waals surface area contributed by atoms with E-state index in [1.54, 1.807) is 12.1 Å². The van der Waals surface area contributed by atoms with Gasteiger partial charge < -0.3 is 10.5 Å². The Labute approximate surface area is 103 Å². The topological polar surface area (TPSA) is 52.3 Å². The molecular formula is C14H21NO2. The molecule has 1 unspecified atom stereocenters. The molecule has 0 aliphatic heterocycles. The van der Waals surface area contributed by atoms with Crippen LogP contribution in [0.4, 0.5) is 5.69 Å². The van der Waals surface area contributed by atoms with E-state index in [0.29, 0.717) is 11.4 Å². The van der Waals surface area contributed by atoms with Crippen LogP contribution < -0.4 is 10.5 Å². The summed E-state index contributed by atoms with van der Waals surface area (Å²) < 4.78 is 5.33. The van der Waals surface area contributed by atoms with Gasteiger partial charge in [0.25, 0.3) is 0 Å². The molecule has 0 aliphatic carbocycles. The number of para-hydroxylation sites is 2. The summed E-state index contributed by atoms with van der Waals surface area (Å²) in [5.74, 6) is 0.279. The van der Waals surface area contributed by atoms with Crippen LogP contribution in [0.3, 0.4) is 0 Å². The summed E-state index contributed by atoms with van der Waals surface area (Å²) in [7, 11) is 0. The summed E-state index contributed by atoms with van der Waals surface area (Å²) in [5, 5.41) is 0. The van der Waals surface area contributed by atoms with E-state index in [4.69, 9.17) is 10.5 Å². The standard InChI is InChI=1S/C14H21NO2/c1-3-5-8-11(4-2)14(16)17-13-10-7-6-9-12(13)15/h6-7,9-11H,3-5,8,15H2,1-2H3. The first-order valence-electron chi connectivity index (χ1n) is 6.25. The van der Waals surface area contributed by atoms with E-state index in [1.165, 1.54) is 0 Å². The average molecular weight is 235 g/mol. The van der Waals surface area contributed by atoms with E-state index >= 15 is 0 Å². The van der Waals surface area contributed by atoms with Crippen LogP contribution in [-0.2, 0) is 4.79 Å². The minimum Gasteiger partial charge on any atom is -0.424 e. The van der Waals surface area contributed by atoms with Gasteiger partial charge in [-0.3, -0.25) is 4.79 Å². The number of rotatable bonds is 6. The SMILES string of the molecule is CCCCC(CC)C(=O)Oc1ccccc1N. The van der Waals surface area contributed by atoms with Crippen LogP contribution in [-0.4, -0.2) is 5.97 Å². The third kappa shape index (κ3) is 4.10. The molecule has 17 heavy (non-hydrogen) atoms. The lowest BCUT2D eigenvalue weighted by Gasteiger charge is -2.14. The van der Waals surface area contributed by atoms with Crippen molar-refractivity contribution < 1.29 is 9.53 Å². The number of carbonyl (C=O) groups is 1. The number of ether oxygens (including phenoxy) is 1. The van der Waals surface area contributed by atoms with Crippen LogP contribution in [0.25, 0.3) is 0 Å². The molecule has 94 valence electrons. The van der Waals surface area contributed by atoms with E-state index in [1.807, 2.05) is 19.1 Å². The molecule has 0 spiro atoms. The Balaban J connectivity index is 2.61. The van der Waals surface area contributed by atoms with Gasteiger partial charge in [-0.2, -0.15) is 0 Å². The summed E-state index contributed by atoms with van der Waals surface area (Å²) in [6.45, 7) is 4.13. The van der Waals surface area contributed by atoms with Crippen LogP contribution in [0.5, 0.6) is 5.75 Å². The summed E-state index contributed by atoms with van der Waals surface area (Å²) in [5.41, 5.74) is 6.24. The lowest BCUT2D eigenvalue weighted by Crippen LogP contribution is -2.20. The molecule has 1 aromatic rings. The molecule has 2 N–H and O–H groups in total. The number of nitrogen functional groups attached to an aromatic ring is 1. The molecule has 0 bridgehead atoms. The average Bonchev–Trinajstić information content (AvgIpc) is 2.33. The number of benzene rings is 1. The van der Waals surface area contributed by atoms with Gasteiger partial charge in [0.2, 0.25) is 0 Å². The first-order chi connectivity index (χ1) is 8.19. The maximum Gasteiger partial charge on any atom is 0.314 e. The number of esters is 1. The fourth-order valence-electron chi connectivity index (χ4n) is 1.70. The van der Waals surface area contributed by atoms with Crippen molar-refractivity contribution in [1.82, 2.24) is 0 Å². The molecule has 0 aliphatic rings. The highest BCUT2D eigenvalue weighted by Gasteiger charge is 2.18. The minimum atomic E-state index is -0.168. The molecule has 0 fully saturated rings. The first-order valence-corrected chi connectivity index (χ1v) is 6.25. The maximum atomic E-state index is 11.9. The van der Waals surface area contributed by atoms with Crippen molar-refractivity contribution in [1.29, 1.82) is 0 Å².